The average Bonchev–Trinajstić information content (AvgIpc) is 4.29. The molecule has 80 heavy (non-hydrogen) atoms. The lowest BCUT2D eigenvalue weighted by Crippen LogP contribution is -2.45. The van der Waals surface area contributed by atoms with E-state index in [2.05, 4.69) is 280 Å². The van der Waals surface area contributed by atoms with Crippen LogP contribution in [-0.2, 0) is 0 Å². The standard InChI is InChI=1S/C72H60N8/c1-6-22-47(23-7-1)51-30-20-32-53(44-51)69-74-70(54-33-21-31-52(45-54)48-24-8-2-9-25-48)76-71(75-69)55-40-42-63(60(46-55)72-77-67(49-26-10-3-11-27-49)73-68(78-72)50-28-12-4-13-29-50)80-61-38-18-16-36-57(61)58-41-43-64-65(66(58)80)59-37-17-19-39-62(59)79(64)56-34-14-5-15-35-56/h1-15,17-24,26-28,30-35,37-46,48,50,57,61,67,70-71,76H,16,25,29,36H2,(H,74,75)(H,73,77,78). The highest BCUT2D eigenvalue weighted by molar-refractivity contribution is 6.19. The second-order valence-electron chi connectivity index (χ2n) is 21.8. The van der Waals surface area contributed by atoms with Crippen LogP contribution >= 0.6 is 0 Å². The second-order valence-corrected chi connectivity index (χ2v) is 21.8. The van der Waals surface area contributed by atoms with Gasteiger partial charge >= 0.3 is 0 Å². The third-order valence-corrected chi connectivity index (χ3v) is 17.0. The molecule has 6 aliphatic rings. The van der Waals surface area contributed by atoms with Crippen LogP contribution < -0.4 is 20.9 Å². The first-order valence-corrected chi connectivity index (χ1v) is 28.4. The summed E-state index contributed by atoms with van der Waals surface area (Å²) in [7, 11) is 0. The van der Waals surface area contributed by atoms with Crippen molar-refractivity contribution in [1.82, 2.24) is 20.5 Å². The summed E-state index contributed by atoms with van der Waals surface area (Å²) in [5, 5.41) is 14.5. The Morgan fingerprint density at radius 3 is 2.05 bits per heavy atom. The maximum Gasteiger partial charge on any atom is 0.169 e. The third-order valence-electron chi connectivity index (χ3n) is 17.0. The van der Waals surface area contributed by atoms with Crippen molar-refractivity contribution in [1.29, 1.82) is 0 Å². The Morgan fingerprint density at radius 2 is 1.23 bits per heavy atom. The molecule has 388 valence electrons. The van der Waals surface area contributed by atoms with Gasteiger partial charge in [-0.15, -0.1) is 0 Å². The minimum absolute atomic E-state index is 0.0639. The SMILES string of the molecule is C1=CCC(C2=NC(c3ccccc3)N=C(c3cc(C4NC(c5cccc(-c6ccccc6)c5)=NC(c5cccc(C6C=CC=CC6)c5)N4)ccc3N3c4c(ccc5c4c4ccccc4n5-c4ccccc4)C4CCC=CC43)N2)C=C1. The highest BCUT2D eigenvalue weighted by Crippen LogP contribution is 2.55. The molecule has 8 heteroatoms. The molecule has 0 saturated heterocycles. The minimum Gasteiger partial charge on any atom is -0.350 e. The van der Waals surface area contributed by atoms with Crippen LogP contribution in [0.1, 0.15) is 95.0 Å². The number of aromatic nitrogens is 1. The number of amidine groups is 3. The van der Waals surface area contributed by atoms with E-state index < -0.39 is 6.17 Å². The summed E-state index contributed by atoms with van der Waals surface area (Å²) < 4.78 is 2.45. The molecule has 15 rings (SSSR count). The predicted octanol–water partition coefficient (Wildman–Crippen LogP) is 15.9. The number of anilines is 2. The number of nitrogens with one attached hydrogen (secondary N) is 3. The number of rotatable bonds is 10. The van der Waals surface area contributed by atoms with Gasteiger partial charge in [0.15, 0.2) is 6.17 Å². The van der Waals surface area contributed by atoms with E-state index >= 15 is 0 Å². The largest absolute Gasteiger partial charge is 0.350 e. The third kappa shape index (κ3) is 8.64. The zero-order valence-corrected chi connectivity index (χ0v) is 44.4. The normalized spacial score (nSPS) is 22.8. The van der Waals surface area contributed by atoms with Gasteiger partial charge < -0.3 is 20.1 Å². The van der Waals surface area contributed by atoms with Crippen LogP contribution in [-0.4, -0.2) is 28.1 Å². The molecule has 4 heterocycles. The van der Waals surface area contributed by atoms with Crippen LogP contribution in [0, 0.1) is 5.92 Å². The van der Waals surface area contributed by atoms with Crippen LogP contribution in [0.2, 0.25) is 0 Å². The molecule has 0 amide bonds. The van der Waals surface area contributed by atoms with Crippen LogP contribution in [0.5, 0.6) is 0 Å². The molecule has 8 aromatic carbocycles. The van der Waals surface area contributed by atoms with Gasteiger partial charge in [-0.2, -0.15) is 0 Å². The minimum atomic E-state index is -0.449. The predicted molar refractivity (Wildman–Crippen MR) is 329 cm³/mol. The lowest BCUT2D eigenvalue weighted by molar-refractivity contribution is 0.408. The van der Waals surface area contributed by atoms with Crippen LogP contribution in [0.3, 0.4) is 0 Å². The molecular formula is C72H60N8. The summed E-state index contributed by atoms with van der Waals surface area (Å²) in [5.41, 5.74) is 16.1. The quantitative estimate of drug-likeness (QED) is 0.119. The van der Waals surface area contributed by atoms with Gasteiger partial charge in [0, 0.05) is 45.3 Å². The smallest absolute Gasteiger partial charge is 0.169 e. The summed E-state index contributed by atoms with van der Waals surface area (Å²) in [6.45, 7) is 0. The first-order chi connectivity index (χ1) is 39.7. The molecule has 8 nitrogen and oxygen atoms in total. The van der Waals surface area contributed by atoms with Crippen molar-refractivity contribution >= 4 is 50.7 Å². The Kier molecular flexibility index (Phi) is 12.2. The van der Waals surface area contributed by atoms with Crippen molar-refractivity contribution in [3.63, 3.8) is 0 Å². The van der Waals surface area contributed by atoms with E-state index in [4.69, 9.17) is 15.0 Å². The van der Waals surface area contributed by atoms with Crippen molar-refractivity contribution in [2.24, 2.45) is 20.9 Å². The molecule has 7 atom stereocenters. The molecular weight excluding hydrogens is 977 g/mol. The van der Waals surface area contributed by atoms with Crippen molar-refractivity contribution in [2.75, 3.05) is 4.90 Å². The summed E-state index contributed by atoms with van der Waals surface area (Å²) >= 11 is 0. The fraction of sp³-hybridized carbons (Fsp3) is 0.153. The molecule has 3 aliphatic heterocycles. The Bertz CT molecular complexity index is 4100. The number of hydrogen-bond donors (Lipinski definition) is 3. The van der Waals surface area contributed by atoms with Crippen molar-refractivity contribution in [3.8, 4) is 16.8 Å². The fourth-order valence-electron chi connectivity index (χ4n) is 13.1. The van der Waals surface area contributed by atoms with E-state index in [9.17, 15) is 0 Å². The van der Waals surface area contributed by atoms with Gasteiger partial charge in [0.2, 0.25) is 0 Å². The molecule has 0 bridgehead atoms. The monoisotopic (exact) mass is 1040 g/mol. The number of aliphatic imine (C=N–C) groups is 3. The Balaban J connectivity index is 0.928. The number of para-hydroxylation sites is 2. The maximum atomic E-state index is 5.67. The maximum absolute atomic E-state index is 5.67. The number of benzene rings is 8. The van der Waals surface area contributed by atoms with Crippen LogP contribution in [0.15, 0.2) is 270 Å². The van der Waals surface area contributed by atoms with Gasteiger partial charge in [0.05, 0.1) is 28.5 Å². The lowest BCUT2D eigenvalue weighted by Gasteiger charge is -2.35. The summed E-state index contributed by atoms with van der Waals surface area (Å²) in [5.74, 6) is 3.21. The van der Waals surface area contributed by atoms with Crippen molar-refractivity contribution in [3.05, 3.63) is 294 Å². The molecule has 3 aliphatic carbocycles. The van der Waals surface area contributed by atoms with E-state index in [0.29, 0.717) is 11.8 Å². The van der Waals surface area contributed by atoms with E-state index in [0.717, 1.165) is 93.5 Å². The van der Waals surface area contributed by atoms with E-state index in [-0.39, 0.29) is 24.3 Å². The number of fused-ring (bicyclic) bond motifs is 7. The van der Waals surface area contributed by atoms with Gasteiger partial charge in [-0.25, -0.2) is 15.0 Å². The summed E-state index contributed by atoms with van der Waals surface area (Å²) in [4.78, 5) is 19.3. The van der Waals surface area contributed by atoms with Crippen LogP contribution in [0.4, 0.5) is 11.4 Å². The summed E-state index contributed by atoms with van der Waals surface area (Å²) in [6, 6.07) is 70.7. The number of hydrogen-bond acceptors (Lipinski definition) is 7. The molecule has 3 N–H and O–H groups in total. The molecule has 0 saturated carbocycles. The Morgan fingerprint density at radius 1 is 0.500 bits per heavy atom. The van der Waals surface area contributed by atoms with Crippen LogP contribution in [0.25, 0.3) is 38.6 Å². The van der Waals surface area contributed by atoms with E-state index in [1.165, 1.54) is 38.6 Å². The molecule has 0 fully saturated rings. The van der Waals surface area contributed by atoms with Gasteiger partial charge in [-0.05, 0) is 107 Å². The van der Waals surface area contributed by atoms with Gasteiger partial charge in [-0.3, -0.25) is 5.32 Å². The zero-order chi connectivity index (χ0) is 52.9. The highest BCUT2D eigenvalue weighted by atomic mass is 15.3. The Labute approximate surface area is 467 Å². The summed E-state index contributed by atoms with van der Waals surface area (Å²) in [6.07, 6.45) is 25.3. The van der Waals surface area contributed by atoms with Gasteiger partial charge in [0.25, 0.3) is 0 Å². The van der Waals surface area contributed by atoms with E-state index in [1.54, 1.807) is 0 Å². The van der Waals surface area contributed by atoms with E-state index in [1.807, 2.05) is 0 Å². The molecule has 0 spiro atoms. The number of nitrogens with zero attached hydrogens (tertiary/aromatic N) is 5. The van der Waals surface area contributed by atoms with Crippen molar-refractivity contribution < 1.29 is 0 Å². The molecule has 1 aromatic heterocycles. The molecule has 7 unspecified atom stereocenters. The lowest BCUT2D eigenvalue weighted by atomic mass is 9.86. The first kappa shape index (κ1) is 47.8. The highest BCUT2D eigenvalue weighted by Gasteiger charge is 2.43. The first-order valence-electron chi connectivity index (χ1n) is 28.4. The fourth-order valence-corrected chi connectivity index (χ4v) is 13.1. The van der Waals surface area contributed by atoms with Crippen molar-refractivity contribution in [2.45, 2.75) is 62.1 Å². The topological polar surface area (TPSA) is 81.3 Å². The Hall–Kier alpha value is -9.37. The van der Waals surface area contributed by atoms with Gasteiger partial charge in [-0.1, -0.05) is 212 Å². The molecule has 0 radical (unpaired) electrons. The second kappa shape index (κ2) is 20.5. The molecule has 9 aromatic rings. The number of allylic oxidation sites excluding steroid dienone is 8. The zero-order valence-electron chi connectivity index (χ0n) is 44.4. The van der Waals surface area contributed by atoms with Gasteiger partial charge in [0.1, 0.15) is 29.8 Å². The average molecular weight is 1040 g/mol.